The van der Waals surface area contributed by atoms with Gasteiger partial charge in [-0.2, -0.15) is 0 Å². The first kappa shape index (κ1) is 14.5. The molecule has 2 heterocycles. The van der Waals surface area contributed by atoms with Crippen molar-refractivity contribution in [3.8, 4) is 0 Å². The molecule has 2 aromatic rings. The second-order valence-electron chi connectivity index (χ2n) is 4.52. The third-order valence-corrected chi connectivity index (χ3v) is 3.89. The summed E-state index contributed by atoms with van der Waals surface area (Å²) < 4.78 is 0. The van der Waals surface area contributed by atoms with Crippen LogP contribution in [0, 0.1) is 13.8 Å². The highest BCUT2D eigenvalue weighted by Crippen LogP contribution is 2.23. The highest BCUT2D eigenvalue weighted by molar-refractivity contribution is 7.11. The number of hydrogen-bond acceptors (Lipinski definition) is 5. The maximum absolute atomic E-state index is 12.3. The number of anilines is 1. The zero-order valence-corrected chi connectivity index (χ0v) is 12.8. The van der Waals surface area contributed by atoms with Crippen LogP contribution >= 0.6 is 11.3 Å². The zero-order chi connectivity index (χ0) is 14.7. The van der Waals surface area contributed by atoms with E-state index >= 15 is 0 Å². The predicted octanol–water partition coefficient (Wildman–Crippen LogP) is 2.69. The molecule has 0 aliphatic rings. The van der Waals surface area contributed by atoms with E-state index in [1.165, 1.54) is 0 Å². The lowest BCUT2D eigenvalue weighted by Crippen LogP contribution is -2.28. The van der Waals surface area contributed by atoms with Gasteiger partial charge in [-0.3, -0.25) is 4.79 Å². The van der Waals surface area contributed by atoms with Gasteiger partial charge in [0.1, 0.15) is 5.82 Å². The van der Waals surface area contributed by atoms with Gasteiger partial charge >= 0.3 is 0 Å². The number of carbonyl (C=O) groups is 1. The quantitative estimate of drug-likeness (QED) is 0.908. The van der Waals surface area contributed by atoms with E-state index in [-0.39, 0.29) is 11.9 Å². The van der Waals surface area contributed by atoms with E-state index < -0.39 is 0 Å². The Kier molecular flexibility index (Phi) is 4.34. The lowest BCUT2D eigenvalue weighted by molar-refractivity contribution is 0.0939. The number of carbonyl (C=O) groups excluding carboxylic acids is 1. The molecule has 6 heteroatoms. The van der Waals surface area contributed by atoms with Crippen LogP contribution in [0.2, 0.25) is 0 Å². The molecule has 0 radical (unpaired) electrons. The van der Waals surface area contributed by atoms with Crippen molar-refractivity contribution < 1.29 is 4.79 Å². The molecule has 0 saturated heterocycles. The molecule has 0 aliphatic carbocycles. The Balaban J connectivity index is 2.17. The maximum atomic E-state index is 12.3. The standard InChI is InChI=1S/C14H18N4OS/c1-8(12-9(2)20-10(3)18-12)17-14(19)11-6-5-7-16-13(11)15-4/h5-8H,1-4H3,(H,15,16)(H,17,19)/t8-/m0/s1. The number of thiazole rings is 1. The first-order valence-electron chi connectivity index (χ1n) is 6.40. The average molecular weight is 290 g/mol. The van der Waals surface area contributed by atoms with Crippen LogP contribution in [0.25, 0.3) is 0 Å². The fourth-order valence-electron chi connectivity index (χ4n) is 2.08. The molecule has 5 nitrogen and oxygen atoms in total. The zero-order valence-electron chi connectivity index (χ0n) is 12.0. The van der Waals surface area contributed by atoms with Gasteiger partial charge in [-0.1, -0.05) is 0 Å². The molecule has 20 heavy (non-hydrogen) atoms. The van der Waals surface area contributed by atoms with Crippen molar-refractivity contribution in [1.29, 1.82) is 0 Å². The molecule has 0 fully saturated rings. The minimum atomic E-state index is -0.153. The van der Waals surface area contributed by atoms with Crippen LogP contribution in [-0.2, 0) is 0 Å². The van der Waals surface area contributed by atoms with Gasteiger partial charge in [-0.05, 0) is 32.9 Å². The van der Waals surface area contributed by atoms with Gasteiger partial charge in [0.15, 0.2) is 0 Å². The van der Waals surface area contributed by atoms with Crippen molar-refractivity contribution in [2.24, 2.45) is 0 Å². The number of nitrogens with one attached hydrogen (secondary N) is 2. The maximum Gasteiger partial charge on any atom is 0.255 e. The summed E-state index contributed by atoms with van der Waals surface area (Å²) in [6.07, 6.45) is 1.65. The largest absolute Gasteiger partial charge is 0.372 e. The number of aryl methyl sites for hydroxylation is 2. The molecule has 2 N–H and O–H groups in total. The summed E-state index contributed by atoms with van der Waals surface area (Å²) in [5.41, 5.74) is 1.46. The average Bonchev–Trinajstić information content (AvgIpc) is 2.77. The Bertz CT molecular complexity index is 623. The van der Waals surface area contributed by atoms with Crippen LogP contribution in [0.15, 0.2) is 18.3 Å². The first-order valence-corrected chi connectivity index (χ1v) is 7.22. The van der Waals surface area contributed by atoms with E-state index in [0.29, 0.717) is 11.4 Å². The van der Waals surface area contributed by atoms with Crippen molar-refractivity contribution in [2.45, 2.75) is 26.8 Å². The molecule has 106 valence electrons. The van der Waals surface area contributed by atoms with E-state index in [4.69, 9.17) is 0 Å². The van der Waals surface area contributed by atoms with Crippen LogP contribution in [0.4, 0.5) is 5.82 Å². The number of nitrogens with zero attached hydrogens (tertiary/aromatic N) is 2. The van der Waals surface area contributed by atoms with Crippen molar-refractivity contribution in [2.75, 3.05) is 12.4 Å². The smallest absolute Gasteiger partial charge is 0.255 e. The molecule has 0 spiro atoms. The number of amides is 1. The SMILES string of the molecule is CNc1ncccc1C(=O)N[C@@H](C)c1nc(C)sc1C. The van der Waals surface area contributed by atoms with Crippen molar-refractivity contribution in [3.63, 3.8) is 0 Å². The van der Waals surface area contributed by atoms with Gasteiger partial charge < -0.3 is 10.6 Å². The van der Waals surface area contributed by atoms with E-state index in [0.717, 1.165) is 15.6 Å². The second kappa shape index (κ2) is 6.00. The molecule has 1 atom stereocenters. The highest BCUT2D eigenvalue weighted by atomic mass is 32.1. The highest BCUT2D eigenvalue weighted by Gasteiger charge is 2.18. The Morgan fingerprint density at radius 3 is 2.75 bits per heavy atom. The number of rotatable bonds is 4. The van der Waals surface area contributed by atoms with E-state index in [1.54, 1.807) is 36.7 Å². The number of pyridine rings is 1. The summed E-state index contributed by atoms with van der Waals surface area (Å²) in [4.78, 5) is 22.1. The van der Waals surface area contributed by atoms with E-state index in [2.05, 4.69) is 20.6 Å². The van der Waals surface area contributed by atoms with Gasteiger partial charge in [0.05, 0.1) is 22.3 Å². The molecular formula is C14H18N4OS. The van der Waals surface area contributed by atoms with Crippen molar-refractivity contribution >= 4 is 23.1 Å². The molecule has 0 aliphatic heterocycles. The van der Waals surface area contributed by atoms with Crippen LogP contribution in [0.5, 0.6) is 0 Å². The molecule has 0 aromatic carbocycles. The monoisotopic (exact) mass is 290 g/mol. The van der Waals surface area contributed by atoms with E-state index in [9.17, 15) is 4.79 Å². The lowest BCUT2D eigenvalue weighted by Gasteiger charge is -2.14. The Labute approximate surface area is 122 Å². The Hall–Kier alpha value is -1.95. The molecule has 0 saturated carbocycles. The summed E-state index contributed by atoms with van der Waals surface area (Å²) in [5.74, 6) is 0.420. The summed E-state index contributed by atoms with van der Waals surface area (Å²) in [5, 5.41) is 6.90. The fraction of sp³-hybridized carbons (Fsp3) is 0.357. The van der Waals surface area contributed by atoms with Gasteiger partial charge in [0, 0.05) is 18.1 Å². The second-order valence-corrected chi connectivity index (χ2v) is 5.93. The van der Waals surface area contributed by atoms with Crippen molar-refractivity contribution in [3.05, 3.63) is 39.5 Å². The number of aromatic nitrogens is 2. The molecule has 2 rings (SSSR count). The van der Waals surface area contributed by atoms with Gasteiger partial charge in [-0.25, -0.2) is 9.97 Å². The normalized spacial score (nSPS) is 12.0. The van der Waals surface area contributed by atoms with Crippen LogP contribution in [-0.4, -0.2) is 22.9 Å². The van der Waals surface area contributed by atoms with Gasteiger partial charge in [-0.15, -0.1) is 11.3 Å². The number of hydrogen-bond donors (Lipinski definition) is 2. The molecule has 1 amide bonds. The summed E-state index contributed by atoms with van der Waals surface area (Å²) >= 11 is 1.64. The van der Waals surface area contributed by atoms with Crippen LogP contribution < -0.4 is 10.6 Å². The van der Waals surface area contributed by atoms with Crippen LogP contribution in [0.3, 0.4) is 0 Å². The Morgan fingerprint density at radius 1 is 1.40 bits per heavy atom. The van der Waals surface area contributed by atoms with Gasteiger partial charge in [0.25, 0.3) is 5.91 Å². The lowest BCUT2D eigenvalue weighted by atomic mass is 10.2. The van der Waals surface area contributed by atoms with E-state index in [1.807, 2.05) is 20.8 Å². The summed E-state index contributed by atoms with van der Waals surface area (Å²) in [6.45, 7) is 5.93. The minimum Gasteiger partial charge on any atom is -0.372 e. The van der Waals surface area contributed by atoms with Crippen LogP contribution in [0.1, 0.15) is 38.9 Å². The first-order chi connectivity index (χ1) is 9.52. The van der Waals surface area contributed by atoms with Gasteiger partial charge in [0.2, 0.25) is 0 Å². The Morgan fingerprint density at radius 2 is 2.15 bits per heavy atom. The fourth-order valence-corrected chi connectivity index (χ4v) is 2.99. The third-order valence-electron chi connectivity index (χ3n) is 2.99. The molecule has 0 unspecified atom stereocenters. The third kappa shape index (κ3) is 2.96. The molecule has 2 aromatic heterocycles. The van der Waals surface area contributed by atoms with Crippen molar-refractivity contribution in [1.82, 2.24) is 15.3 Å². The topological polar surface area (TPSA) is 66.9 Å². The molecular weight excluding hydrogens is 272 g/mol. The predicted molar refractivity (Wildman–Crippen MR) is 81.3 cm³/mol. The minimum absolute atomic E-state index is 0.127. The summed E-state index contributed by atoms with van der Waals surface area (Å²) in [7, 11) is 1.75. The molecule has 0 bridgehead atoms. The summed E-state index contributed by atoms with van der Waals surface area (Å²) in [6, 6.07) is 3.37.